The Bertz CT molecular complexity index is 185. The molecular formula is C11H19N. The van der Waals surface area contributed by atoms with Crippen LogP contribution >= 0.6 is 0 Å². The zero-order valence-electron chi connectivity index (χ0n) is 8.54. The Kier molecular flexibility index (Phi) is 6.16. The monoisotopic (exact) mass is 165 g/mol. The first-order valence-electron chi connectivity index (χ1n) is 4.39. The van der Waals surface area contributed by atoms with E-state index in [-0.39, 0.29) is 0 Å². The maximum Gasteiger partial charge on any atom is 0.0357 e. The highest BCUT2D eigenvalue weighted by Crippen LogP contribution is 2.00. The number of rotatable bonds is 4. The van der Waals surface area contributed by atoms with Gasteiger partial charge in [0.2, 0.25) is 0 Å². The predicted octanol–water partition coefficient (Wildman–Crippen LogP) is 2.97. The van der Waals surface area contributed by atoms with Crippen LogP contribution in [0.4, 0.5) is 0 Å². The summed E-state index contributed by atoms with van der Waals surface area (Å²) in [6.07, 6.45) is 11.6. The molecule has 0 fully saturated rings. The molecule has 0 saturated heterocycles. The average Bonchev–Trinajstić information content (AvgIpc) is 2.03. The van der Waals surface area contributed by atoms with Crippen LogP contribution in [0.3, 0.4) is 0 Å². The van der Waals surface area contributed by atoms with Crippen LogP contribution in [-0.4, -0.2) is 19.0 Å². The molecule has 0 amide bonds. The maximum atomic E-state index is 2.15. The quantitative estimate of drug-likeness (QED) is 0.579. The van der Waals surface area contributed by atoms with E-state index in [4.69, 9.17) is 0 Å². The Hall–Kier alpha value is -0.980. The van der Waals surface area contributed by atoms with Crippen molar-refractivity contribution < 1.29 is 0 Å². The van der Waals surface area contributed by atoms with Crippen molar-refractivity contribution in [3.05, 3.63) is 36.1 Å². The van der Waals surface area contributed by atoms with Gasteiger partial charge in [-0.3, -0.25) is 0 Å². The van der Waals surface area contributed by atoms with Crippen LogP contribution in [0.1, 0.15) is 20.3 Å². The largest absolute Gasteiger partial charge is 0.378 e. The van der Waals surface area contributed by atoms with Gasteiger partial charge in [-0.05, 0) is 25.5 Å². The van der Waals surface area contributed by atoms with E-state index in [1.54, 1.807) is 0 Å². The van der Waals surface area contributed by atoms with Crippen LogP contribution in [0.15, 0.2) is 36.1 Å². The number of likely N-dealkylation sites (N-methyl/N-ethyl adjacent to an activating group) is 1. The highest BCUT2D eigenvalue weighted by molar-refractivity contribution is 5.21. The Morgan fingerprint density at radius 1 is 1.33 bits per heavy atom. The standard InChI is InChI=1S/C11H19N/c1-5-7-8-10-11(9-6-2)12(3)4/h6-10H,5H2,1-4H3. The van der Waals surface area contributed by atoms with Gasteiger partial charge >= 0.3 is 0 Å². The molecule has 12 heavy (non-hydrogen) atoms. The molecule has 68 valence electrons. The zero-order valence-corrected chi connectivity index (χ0v) is 8.54. The highest BCUT2D eigenvalue weighted by atomic mass is 15.1. The SMILES string of the molecule is CC=CC(=CC=CCC)N(C)C. The van der Waals surface area contributed by atoms with Gasteiger partial charge in [-0.1, -0.05) is 25.2 Å². The summed E-state index contributed by atoms with van der Waals surface area (Å²) in [6.45, 7) is 4.16. The molecule has 0 saturated carbocycles. The van der Waals surface area contributed by atoms with E-state index >= 15 is 0 Å². The molecule has 0 aromatic rings. The minimum Gasteiger partial charge on any atom is -0.378 e. The smallest absolute Gasteiger partial charge is 0.0357 e. The molecule has 0 spiro atoms. The summed E-state index contributed by atoms with van der Waals surface area (Å²) < 4.78 is 0. The average molecular weight is 165 g/mol. The van der Waals surface area contributed by atoms with Crippen molar-refractivity contribution in [3.63, 3.8) is 0 Å². The molecule has 0 aliphatic heterocycles. The molecule has 0 bridgehead atoms. The van der Waals surface area contributed by atoms with Gasteiger partial charge in [0.05, 0.1) is 0 Å². The molecule has 0 radical (unpaired) electrons. The van der Waals surface area contributed by atoms with Gasteiger partial charge in [0, 0.05) is 19.8 Å². The van der Waals surface area contributed by atoms with Gasteiger partial charge in [-0.15, -0.1) is 0 Å². The number of nitrogens with zero attached hydrogens (tertiary/aromatic N) is 1. The van der Waals surface area contributed by atoms with Crippen LogP contribution in [0.2, 0.25) is 0 Å². The van der Waals surface area contributed by atoms with Gasteiger partial charge in [0.1, 0.15) is 0 Å². The third kappa shape index (κ3) is 4.78. The minimum absolute atomic E-state index is 1.09. The van der Waals surface area contributed by atoms with Crippen molar-refractivity contribution in [1.29, 1.82) is 0 Å². The van der Waals surface area contributed by atoms with E-state index in [0.29, 0.717) is 0 Å². The molecule has 0 rings (SSSR count). The van der Waals surface area contributed by atoms with Gasteiger partial charge in [0.25, 0.3) is 0 Å². The van der Waals surface area contributed by atoms with Crippen LogP contribution < -0.4 is 0 Å². The van der Waals surface area contributed by atoms with E-state index in [9.17, 15) is 0 Å². The lowest BCUT2D eigenvalue weighted by atomic mass is 10.3. The normalized spacial score (nSPS) is 13.2. The third-order valence-corrected chi connectivity index (χ3v) is 1.49. The van der Waals surface area contributed by atoms with Crippen LogP contribution in [0.5, 0.6) is 0 Å². The second-order valence-corrected chi connectivity index (χ2v) is 2.82. The van der Waals surface area contributed by atoms with E-state index in [1.165, 1.54) is 5.70 Å². The van der Waals surface area contributed by atoms with Crippen LogP contribution in [0.25, 0.3) is 0 Å². The first kappa shape index (κ1) is 11.0. The van der Waals surface area contributed by atoms with Gasteiger partial charge in [-0.2, -0.15) is 0 Å². The number of hydrogen-bond donors (Lipinski definition) is 0. The molecule has 0 aliphatic rings. The Balaban J connectivity index is 4.28. The van der Waals surface area contributed by atoms with Crippen molar-refractivity contribution in [3.8, 4) is 0 Å². The molecule has 0 heterocycles. The van der Waals surface area contributed by atoms with Crippen LogP contribution in [-0.2, 0) is 0 Å². The second kappa shape index (κ2) is 6.71. The lowest BCUT2D eigenvalue weighted by molar-refractivity contribution is 0.530. The second-order valence-electron chi connectivity index (χ2n) is 2.82. The molecule has 0 unspecified atom stereocenters. The zero-order chi connectivity index (χ0) is 9.40. The maximum absolute atomic E-state index is 2.15. The lowest BCUT2D eigenvalue weighted by Crippen LogP contribution is -2.08. The van der Waals surface area contributed by atoms with Crippen molar-refractivity contribution in [2.24, 2.45) is 0 Å². The first-order valence-corrected chi connectivity index (χ1v) is 4.39. The Morgan fingerprint density at radius 3 is 2.42 bits per heavy atom. The topological polar surface area (TPSA) is 3.24 Å². The van der Waals surface area contributed by atoms with Gasteiger partial charge in [-0.25, -0.2) is 0 Å². The van der Waals surface area contributed by atoms with E-state index in [2.05, 4.69) is 36.1 Å². The van der Waals surface area contributed by atoms with Gasteiger partial charge in [0.15, 0.2) is 0 Å². The fourth-order valence-corrected chi connectivity index (χ4v) is 0.827. The summed E-state index contributed by atoms with van der Waals surface area (Å²) in [6, 6.07) is 0. The lowest BCUT2D eigenvalue weighted by Gasteiger charge is -2.12. The van der Waals surface area contributed by atoms with Crippen LogP contribution in [0, 0.1) is 0 Å². The Labute approximate surface area is 76.1 Å². The first-order chi connectivity index (χ1) is 5.72. The molecular weight excluding hydrogens is 146 g/mol. The minimum atomic E-state index is 1.09. The molecule has 0 aromatic carbocycles. The van der Waals surface area contributed by atoms with Crippen molar-refractivity contribution in [2.45, 2.75) is 20.3 Å². The highest BCUT2D eigenvalue weighted by Gasteiger charge is 1.89. The van der Waals surface area contributed by atoms with Gasteiger partial charge < -0.3 is 4.90 Å². The molecule has 0 aromatic heterocycles. The van der Waals surface area contributed by atoms with E-state index in [1.807, 2.05) is 27.1 Å². The molecule has 1 nitrogen and oxygen atoms in total. The molecule has 1 heteroatoms. The van der Waals surface area contributed by atoms with Crippen molar-refractivity contribution in [2.75, 3.05) is 14.1 Å². The predicted molar refractivity (Wildman–Crippen MR) is 56.0 cm³/mol. The number of hydrogen-bond acceptors (Lipinski definition) is 1. The fourth-order valence-electron chi connectivity index (χ4n) is 0.827. The van der Waals surface area contributed by atoms with Crippen molar-refractivity contribution >= 4 is 0 Å². The Morgan fingerprint density at radius 2 is 2.00 bits per heavy atom. The fraction of sp³-hybridized carbons (Fsp3) is 0.455. The molecule has 0 atom stereocenters. The molecule has 0 aliphatic carbocycles. The van der Waals surface area contributed by atoms with E-state index < -0.39 is 0 Å². The summed E-state index contributed by atoms with van der Waals surface area (Å²) in [4.78, 5) is 2.10. The third-order valence-electron chi connectivity index (χ3n) is 1.49. The summed E-state index contributed by atoms with van der Waals surface area (Å²) in [7, 11) is 4.09. The summed E-state index contributed by atoms with van der Waals surface area (Å²) in [5.74, 6) is 0. The summed E-state index contributed by atoms with van der Waals surface area (Å²) in [5, 5.41) is 0. The summed E-state index contributed by atoms with van der Waals surface area (Å²) in [5.41, 5.74) is 1.22. The van der Waals surface area contributed by atoms with Crippen molar-refractivity contribution in [1.82, 2.24) is 4.90 Å². The summed E-state index contributed by atoms with van der Waals surface area (Å²) >= 11 is 0. The number of allylic oxidation sites excluding steroid dienone is 5. The molecule has 0 N–H and O–H groups in total. The van der Waals surface area contributed by atoms with E-state index in [0.717, 1.165) is 6.42 Å².